The predicted octanol–water partition coefficient (Wildman–Crippen LogP) is 2.72. The van der Waals surface area contributed by atoms with Crippen molar-refractivity contribution >= 4 is 11.5 Å². The van der Waals surface area contributed by atoms with E-state index >= 15 is 0 Å². The van der Waals surface area contributed by atoms with Crippen molar-refractivity contribution in [3.8, 4) is 0 Å². The fourth-order valence-corrected chi connectivity index (χ4v) is 3.55. The van der Waals surface area contributed by atoms with Crippen LogP contribution in [-0.2, 0) is 11.2 Å². The Kier molecular flexibility index (Phi) is 2.86. The van der Waals surface area contributed by atoms with Crippen LogP contribution in [0.4, 0.5) is 10.1 Å². The lowest BCUT2D eigenvalue weighted by Crippen LogP contribution is -2.35. The first kappa shape index (κ1) is 12.6. The lowest BCUT2D eigenvalue weighted by atomic mass is 9.70. The molecule has 1 fully saturated rings. The van der Waals surface area contributed by atoms with Gasteiger partial charge in [0.2, 0.25) is 0 Å². The average molecular weight is 263 g/mol. The number of Topliss-reactive ketones (excluding diaryl/α,β-unsaturated/α-hetero) is 1. The van der Waals surface area contributed by atoms with Gasteiger partial charge < -0.3 is 10.5 Å². The molecule has 1 saturated carbocycles. The van der Waals surface area contributed by atoms with Crippen LogP contribution in [0.5, 0.6) is 0 Å². The van der Waals surface area contributed by atoms with E-state index in [9.17, 15) is 9.18 Å². The second-order valence-electron chi connectivity index (χ2n) is 5.71. The monoisotopic (exact) mass is 263 g/mol. The van der Waals surface area contributed by atoms with Gasteiger partial charge in [0.15, 0.2) is 5.78 Å². The fraction of sp³-hybridized carbons (Fsp3) is 0.533. The van der Waals surface area contributed by atoms with Crippen molar-refractivity contribution < 1.29 is 13.9 Å². The van der Waals surface area contributed by atoms with Crippen LogP contribution in [0.3, 0.4) is 0 Å². The van der Waals surface area contributed by atoms with Crippen LogP contribution in [0.2, 0.25) is 0 Å². The second kappa shape index (κ2) is 4.30. The first-order chi connectivity index (χ1) is 9.07. The zero-order valence-electron chi connectivity index (χ0n) is 11.0. The summed E-state index contributed by atoms with van der Waals surface area (Å²) in [6.45, 7) is 0. The predicted molar refractivity (Wildman–Crippen MR) is 70.5 cm³/mol. The summed E-state index contributed by atoms with van der Waals surface area (Å²) in [4.78, 5) is 12.7. The van der Waals surface area contributed by atoms with Crippen molar-refractivity contribution in [1.29, 1.82) is 0 Å². The van der Waals surface area contributed by atoms with Gasteiger partial charge in [0.25, 0.3) is 0 Å². The highest BCUT2D eigenvalue weighted by atomic mass is 19.1. The molecule has 4 heteroatoms. The van der Waals surface area contributed by atoms with Crippen LogP contribution in [0.1, 0.15) is 41.6 Å². The maximum absolute atomic E-state index is 13.9. The summed E-state index contributed by atoms with van der Waals surface area (Å²) in [7, 11) is 1.70. The van der Waals surface area contributed by atoms with Gasteiger partial charge in [0, 0.05) is 29.3 Å². The molecule has 102 valence electrons. The molecule has 2 aliphatic carbocycles. The Morgan fingerprint density at radius 3 is 2.63 bits per heavy atom. The number of carbonyl (C=O) groups excluding carboxylic acids is 1. The molecule has 0 atom stereocenters. The van der Waals surface area contributed by atoms with E-state index in [1.54, 1.807) is 7.11 Å². The van der Waals surface area contributed by atoms with Crippen LogP contribution in [0.25, 0.3) is 0 Å². The lowest BCUT2D eigenvalue weighted by molar-refractivity contribution is 0.0285. The normalized spacial score (nSPS) is 29.8. The van der Waals surface area contributed by atoms with Gasteiger partial charge in [0.05, 0.1) is 6.10 Å². The molecule has 0 radical (unpaired) electrons. The number of hydrogen-bond donors (Lipinski definition) is 1. The van der Waals surface area contributed by atoms with Crippen molar-refractivity contribution in [3.63, 3.8) is 0 Å². The summed E-state index contributed by atoms with van der Waals surface area (Å²) in [6.07, 6.45) is 3.96. The quantitative estimate of drug-likeness (QED) is 0.793. The maximum Gasteiger partial charge on any atom is 0.171 e. The minimum atomic E-state index is -0.437. The van der Waals surface area contributed by atoms with Crippen molar-refractivity contribution in [2.24, 2.45) is 5.41 Å². The number of carbonyl (C=O) groups is 1. The molecule has 0 saturated heterocycles. The highest BCUT2D eigenvalue weighted by Gasteiger charge is 2.49. The summed E-state index contributed by atoms with van der Waals surface area (Å²) < 4.78 is 19.2. The first-order valence-electron chi connectivity index (χ1n) is 6.72. The number of rotatable bonds is 1. The number of halogens is 1. The number of benzene rings is 1. The summed E-state index contributed by atoms with van der Waals surface area (Å²) in [5.74, 6) is -0.266. The number of ketones is 1. The zero-order chi connectivity index (χ0) is 13.6. The number of hydrogen-bond acceptors (Lipinski definition) is 3. The molecule has 0 amide bonds. The smallest absolute Gasteiger partial charge is 0.171 e. The molecule has 1 aromatic rings. The van der Waals surface area contributed by atoms with Gasteiger partial charge in [-0.1, -0.05) is 0 Å². The molecule has 0 unspecified atom stereocenters. The Morgan fingerprint density at radius 2 is 2.05 bits per heavy atom. The number of methoxy groups -OCH3 is 1. The van der Waals surface area contributed by atoms with E-state index in [-0.39, 0.29) is 17.7 Å². The molecule has 1 spiro atoms. The largest absolute Gasteiger partial charge is 0.398 e. The van der Waals surface area contributed by atoms with Crippen LogP contribution in [-0.4, -0.2) is 19.0 Å². The third kappa shape index (κ3) is 1.77. The van der Waals surface area contributed by atoms with Gasteiger partial charge in [0.1, 0.15) is 5.82 Å². The summed E-state index contributed by atoms with van der Waals surface area (Å²) in [5, 5.41) is 0. The van der Waals surface area contributed by atoms with Crippen LogP contribution in [0, 0.1) is 11.2 Å². The Labute approximate surface area is 111 Å². The van der Waals surface area contributed by atoms with Crippen molar-refractivity contribution in [2.45, 2.75) is 38.2 Å². The SMILES string of the molecule is CO[C@H]1CC[C@]2(CC1)Cc1c(F)ccc(N)c1C2=O. The molecular formula is C15H18FNO2. The molecule has 19 heavy (non-hydrogen) atoms. The number of anilines is 1. The maximum atomic E-state index is 13.9. The molecule has 3 nitrogen and oxygen atoms in total. The minimum Gasteiger partial charge on any atom is -0.398 e. The molecule has 2 aliphatic rings. The Bertz CT molecular complexity index is 533. The summed E-state index contributed by atoms with van der Waals surface area (Å²) in [6, 6.07) is 2.85. The van der Waals surface area contributed by atoms with Gasteiger partial charge in [-0.2, -0.15) is 0 Å². The average Bonchev–Trinajstić information content (AvgIpc) is 2.70. The summed E-state index contributed by atoms with van der Waals surface area (Å²) >= 11 is 0. The Balaban J connectivity index is 1.96. The first-order valence-corrected chi connectivity index (χ1v) is 6.72. The molecule has 0 bridgehead atoms. The summed E-state index contributed by atoms with van der Waals surface area (Å²) in [5.41, 5.74) is 6.78. The van der Waals surface area contributed by atoms with Gasteiger partial charge in [-0.3, -0.25) is 4.79 Å². The van der Waals surface area contributed by atoms with E-state index in [1.807, 2.05) is 0 Å². The van der Waals surface area contributed by atoms with Crippen LogP contribution >= 0.6 is 0 Å². The van der Waals surface area contributed by atoms with Gasteiger partial charge in [-0.15, -0.1) is 0 Å². The van der Waals surface area contributed by atoms with Crippen molar-refractivity contribution in [3.05, 3.63) is 29.1 Å². The number of fused-ring (bicyclic) bond motifs is 1. The standard InChI is InChI=1S/C15H18FNO2/c1-19-9-4-6-15(7-5-9)8-10-11(16)2-3-12(17)13(10)14(15)18/h2-3,9H,4-8,17H2,1H3/t9-,15-. The van der Waals surface area contributed by atoms with Gasteiger partial charge >= 0.3 is 0 Å². The van der Waals surface area contributed by atoms with E-state index in [4.69, 9.17) is 10.5 Å². The molecular weight excluding hydrogens is 245 g/mol. The molecule has 3 rings (SSSR count). The van der Waals surface area contributed by atoms with E-state index in [0.717, 1.165) is 25.7 Å². The van der Waals surface area contributed by atoms with Gasteiger partial charge in [-0.25, -0.2) is 4.39 Å². The number of nitrogen functional groups attached to an aromatic ring is 1. The highest BCUT2D eigenvalue weighted by Crippen LogP contribution is 2.49. The van der Waals surface area contributed by atoms with E-state index in [0.29, 0.717) is 23.2 Å². The van der Waals surface area contributed by atoms with Crippen LogP contribution in [0.15, 0.2) is 12.1 Å². The third-order valence-electron chi connectivity index (χ3n) is 4.73. The lowest BCUT2D eigenvalue weighted by Gasteiger charge is -2.35. The van der Waals surface area contributed by atoms with E-state index in [1.165, 1.54) is 12.1 Å². The van der Waals surface area contributed by atoms with Crippen molar-refractivity contribution in [1.82, 2.24) is 0 Å². The molecule has 1 aromatic carbocycles. The molecule has 2 N–H and O–H groups in total. The van der Waals surface area contributed by atoms with Crippen molar-refractivity contribution in [2.75, 3.05) is 12.8 Å². The molecule has 0 heterocycles. The van der Waals surface area contributed by atoms with E-state index in [2.05, 4.69) is 0 Å². The minimum absolute atomic E-state index is 0.0362. The molecule has 0 aliphatic heterocycles. The topological polar surface area (TPSA) is 52.3 Å². The zero-order valence-corrected chi connectivity index (χ0v) is 11.0. The fourth-order valence-electron chi connectivity index (χ4n) is 3.55. The second-order valence-corrected chi connectivity index (χ2v) is 5.71. The Morgan fingerprint density at radius 1 is 1.37 bits per heavy atom. The Hall–Kier alpha value is -1.42. The van der Waals surface area contributed by atoms with Gasteiger partial charge in [-0.05, 0) is 44.2 Å². The number of ether oxygens (including phenoxy) is 1. The van der Waals surface area contributed by atoms with E-state index < -0.39 is 5.41 Å². The van der Waals surface area contributed by atoms with Crippen LogP contribution < -0.4 is 5.73 Å². The number of nitrogens with two attached hydrogens (primary N) is 1. The third-order valence-corrected chi connectivity index (χ3v) is 4.73. The highest BCUT2D eigenvalue weighted by molar-refractivity contribution is 6.08. The molecule has 0 aromatic heterocycles.